The summed E-state index contributed by atoms with van der Waals surface area (Å²) in [7, 11) is -3.82. The van der Waals surface area contributed by atoms with Crippen LogP contribution in [0.4, 0.5) is 8.78 Å². The molecule has 0 bridgehead atoms. The molecule has 1 aromatic heterocycles. The van der Waals surface area contributed by atoms with E-state index in [4.69, 9.17) is 0 Å². The summed E-state index contributed by atoms with van der Waals surface area (Å²) >= 11 is 0. The summed E-state index contributed by atoms with van der Waals surface area (Å²) in [6.07, 6.45) is 3.53. The smallest absolute Gasteiger partial charge is 0.244 e. The van der Waals surface area contributed by atoms with E-state index >= 15 is 0 Å². The second-order valence-corrected chi connectivity index (χ2v) is 4.86. The lowest BCUT2D eigenvalue weighted by Crippen LogP contribution is -2.59. The Hall–Kier alpha value is -1.02. The molecule has 1 aliphatic heterocycles. The molecule has 0 aliphatic carbocycles. The summed E-state index contributed by atoms with van der Waals surface area (Å²) in [4.78, 5) is 3.54. The first kappa shape index (κ1) is 9.53. The molecule has 0 aromatic carbocycles. The second-order valence-electron chi connectivity index (χ2n) is 3.02. The predicted molar refractivity (Wildman–Crippen MR) is 43.1 cm³/mol. The van der Waals surface area contributed by atoms with Gasteiger partial charge in [0.2, 0.25) is 0 Å². The average molecular weight is 223 g/mol. The van der Waals surface area contributed by atoms with Crippen LogP contribution in [0.1, 0.15) is 0 Å². The Kier molecular flexibility index (Phi) is 1.86. The van der Waals surface area contributed by atoms with Crippen LogP contribution in [0.2, 0.25) is 0 Å². The van der Waals surface area contributed by atoms with Gasteiger partial charge in [-0.1, -0.05) is 0 Å². The number of alkyl halides is 2. The number of hydrogen-bond acceptors (Lipinski definition) is 3. The van der Waals surface area contributed by atoms with Gasteiger partial charge in [-0.3, -0.25) is 0 Å². The Labute approximate surface area is 79.1 Å². The van der Waals surface area contributed by atoms with Crippen molar-refractivity contribution in [2.45, 2.75) is 5.92 Å². The maximum absolute atomic E-state index is 12.4. The van der Waals surface area contributed by atoms with Gasteiger partial charge in [-0.15, -0.1) is 0 Å². The zero-order valence-electron chi connectivity index (χ0n) is 6.97. The summed E-state index contributed by atoms with van der Waals surface area (Å²) in [5.74, 6) is -2.90. The number of hydrogen-bond donors (Lipinski definition) is 0. The number of rotatable bonds is 2. The van der Waals surface area contributed by atoms with Crippen LogP contribution in [-0.2, 0) is 10.2 Å². The molecule has 1 aliphatic rings. The second kappa shape index (κ2) is 2.74. The first-order chi connectivity index (χ1) is 6.42. The maximum Gasteiger partial charge on any atom is 0.309 e. The van der Waals surface area contributed by atoms with E-state index in [9.17, 15) is 17.2 Å². The molecule has 8 heteroatoms. The minimum Gasteiger partial charge on any atom is -0.244 e. The lowest BCUT2D eigenvalue weighted by Gasteiger charge is -2.37. The molecule has 78 valence electrons. The predicted octanol–water partition coefficient (Wildman–Crippen LogP) is -0.0731. The minimum absolute atomic E-state index is 0.703. The number of aromatic nitrogens is 2. The quantitative estimate of drug-likeness (QED) is 0.705. The van der Waals surface area contributed by atoms with Crippen molar-refractivity contribution in [2.75, 3.05) is 13.1 Å². The number of imidazole rings is 1. The van der Waals surface area contributed by atoms with Crippen molar-refractivity contribution in [3.05, 3.63) is 18.7 Å². The summed E-state index contributed by atoms with van der Waals surface area (Å²) < 4.78 is 49.3. The van der Waals surface area contributed by atoms with Gasteiger partial charge >= 0.3 is 10.2 Å². The molecule has 5 nitrogen and oxygen atoms in total. The molecule has 0 unspecified atom stereocenters. The zero-order valence-corrected chi connectivity index (χ0v) is 7.79. The number of halogens is 2. The third-order valence-corrected chi connectivity index (χ3v) is 3.55. The molecule has 0 N–H and O–H groups in total. The molecule has 0 radical (unpaired) electrons. The molecule has 0 saturated carbocycles. The van der Waals surface area contributed by atoms with Gasteiger partial charge in [0.05, 0.1) is 13.1 Å². The van der Waals surface area contributed by atoms with Crippen LogP contribution in [0, 0.1) is 0 Å². The van der Waals surface area contributed by atoms with Crippen molar-refractivity contribution in [3.8, 4) is 0 Å². The molecule has 0 atom stereocenters. The van der Waals surface area contributed by atoms with E-state index in [0.717, 1.165) is 10.3 Å². The minimum atomic E-state index is -3.82. The van der Waals surface area contributed by atoms with Gasteiger partial charge in [-0.25, -0.2) is 17.7 Å². The third kappa shape index (κ3) is 1.40. The highest BCUT2D eigenvalue weighted by Gasteiger charge is 2.49. The topological polar surface area (TPSA) is 55.2 Å². The zero-order chi connectivity index (χ0) is 10.4. The fourth-order valence-electron chi connectivity index (χ4n) is 1.15. The molecule has 0 spiro atoms. The van der Waals surface area contributed by atoms with Gasteiger partial charge in [0.1, 0.15) is 6.33 Å². The van der Waals surface area contributed by atoms with E-state index in [-0.39, 0.29) is 0 Å². The first-order valence-corrected chi connectivity index (χ1v) is 5.18. The van der Waals surface area contributed by atoms with Gasteiger partial charge in [-0.05, 0) is 0 Å². The average Bonchev–Trinajstić information content (AvgIpc) is 2.51. The van der Waals surface area contributed by atoms with Gasteiger partial charge in [0.15, 0.2) is 0 Å². The maximum atomic E-state index is 12.4. The molecular formula is C6H7F2N3O2S. The van der Waals surface area contributed by atoms with Crippen molar-refractivity contribution in [3.63, 3.8) is 0 Å². The van der Waals surface area contributed by atoms with Crippen molar-refractivity contribution in [2.24, 2.45) is 0 Å². The lowest BCUT2D eigenvalue weighted by molar-refractivity contribution is -0.0949. The van der Waals surface area contributed by atoms with E-state index < -0.39 is 29.2 Å². The fraction of sp³-hybridized carbons (Fsp3) is 0.500. The van der Waals surface area contributed by atoms with E-state index in [1.54, 1.807) is 0 Å². The third-order valence-electron chi connectivity index (χ3n) is 1.89. The Morgan fingerprint density at radius 1 is 1.36 bits per heavy atom. The van der Waals surface area contributed by atoms with E-state index in [1.165, 1.54) is 12.4 Å². The fourth-order valence-corrected chi connectivity index (χ4v) is 2.50. The van der Waals surface area contributed by atoms with Crippen LogP contribution in [0.15, 0.2) is 18.7 Å². The van der Waals surface area contributed by atoms with Crippen LogP contribution in [-0.4, -0.2) is 40.7 Å². The summed E-state index contributed by atoms with van der Waals surface area (Å²) in [5.41, 5.74) is 0. The molecule has 1 fully saturated rings. The molecule has 0 amide bonds. The SMILES string of the molecule is O=S(=O)(N1CC(F)(F)C1)n1ccnc1. The Morgan fingerprint density at radius 3 is 2.43 bits per heavy atom. The van der Waals surface area contributed by atoms with Crippen LogP contribution in [0.5, 0.6) is 0 Å². The van der Waals surface area contributed by atoms with Gasteiger partial charge in [-0.2, -0.15) is 12.7 Å². The standard InChI is InChI=1S/C6H7F2N3O2S/c7-6(8)3-11(4-6)14(12,13)10-2-1-9-5-10/h1-2,5H,3-4H2. The normalized spacial score (nSPS) is 21.9. The lowest BCUT2D eigenvalue weighted by atomic mass is 10.2. The Bertz CT molecular complexity index is 420. The van der Waals surface area contributed by atoms with Crippen molar-refractivity contribution in [1.29, 1.82) is 0 Å². The summed E-state index contributed by atoms with van der Waals surface area (Å²) in [6.45, 7) is -1.51. The molecule has 2 rings (SSSR count). The van der Waals surface area contributed by atoms with Crippen molar-refractivity contribution < 1.29 is 17.2 Å². The molecule has 14 heavy (non-hydrogen) atoms. The van der Waals surface area contributed by atoms with Crippen LogP contribution >= 0.6 is 0 Å². The van der Waals surface area contributed by atoms with E-state index in [2.05, 4.69) is 4.98 Å². The van der Waals surface area contributed by atoms with Gasteiger partial charge < -0.3 is 0 Å². The summed E-state index contributed by atoms with van der Waals surface area (Å²) in [5, 5.41) is 0. The largest absolute Gasteiger partial charge is 0.309 e. The monoisotopic (exact) mass is 223 g/mol. The van der Waals surface area contributed by atoms with Gasteiger partial charge in [0, 0.05) is 12.4 Å². The van der Waals surface area contributed by atoms with Crippen LogP contribution in [0.3, 0.4) is 0 Å². The first-order valence-electron chi connectivity index (χ1n) is 3.78. The molecule has 2 heterocycles. The molecule has 1 saturated heterocycles. The highest BCUT2D eigenvalue weighted by Crippen LogP contribution is 2.29. The summed E-state index contributed by atoms with van der Waals surface area (Å²) in [6, 6.07) is 0. The van der Waals surface area contributed by atoms with Crippen molar-refractivity contribution >= 4 is 10.2 Å². The van der Waals surface area contributed by atoms with Gasteiger partial charge in [0.25, 0.3) is 5.92 Å². The highest BCUT2D eigenvalue weighted by molar-refractivity contribution is 7.87. The Morgan fingerprint density at radius 2 is 2.00 bits per heavy atom. The van der Waals surface area contributed by atoms with Crippen molar-refractivity contribution in [1.82, 2.24) is 13.3 Å². The number of nitrogens with zero attached hydrogens (tertiary/aromatic N) is 3. The van der Waals surface area contributed by atoms with E-state index in [1.807, 2.05) is 0 Å². The van der Waals surface area contributed by atoms with E-state index in [0.29, 0.717) is 4.31 Å². The van der Waals surface area contributed by atoms with Crippen LogP contribution < -0.4 is 0 Å². The Balaban J connectivity index is 2.21. The molecular weight excluding hydrogens is 216 g/mol. The molecule has 1 aromatic rings. The highest BCUT2D eigenvalue weighted by atomic mass is 32.2. The van der Waals surface area contributed by atoms with Crippen LogP contribution in [0.25, 0.3) is 0 Å².